The van der Waals surface area contributed by atoms with Crippen LogP contribution in [0.25, 0.3) is 10.2 Å². The van der Waals surface area contributed by atoms with E-state index < -0.39 is 16.1 Å². The molecule has 1 amide bonds. The Kier molecular flexibility index (Phi) is 5.96. The Hall–Kier alpha value is -3.44. The predicted molar refractivity (Wildman–Crippen MR) is 131 cm³/mol. The maximum absolute atomic E-state index is 13.6. The van der Waals surface area contributed by atoms with Gasteiger partial charge in [0.1, 0.15) is 16.3 Å². The SMILES string of the molecule is C[C@H](Sc1nc2sc3c(c2c(=O)n1Cc1ccco1)CCC3)C(=O)Nc1ccccc1[N+](=O)[O-]. The number of fused-ring (bicyclic) bond motifs is 3. The number of carbonyl (C=O) groups is 1. The number of hydrogen-bond donors (Lipinski definition) is 1. The van der Waals surface area contributed by atoms with Crippen LogP contribution in [-0.4, -0.2) is 25.6 Å². The fraction of sp³-hybridized carbons (Fsp3) is 0.261. The molecule has 0 spiro atoms. The molecule has 3 aromatic heterocycles. The minimum absolute atomic E-state index is 0.121. The van der Waals surface area contributed by atoms with E-state index in [-0.39, 0.29) is 23.5 Å². The van der Waals surface area contributed by atoms with E-state index in [2.05, 4.69) is 5.32 Å². The van der Waals surface area contributed by atoms with E-state index in [0.717, 1.165) is 36.6 Å². The molecule has 0 saturated carbocycles. The lowest BCUT2D eigenvalue weighted by molar-refractivity contribution is -0.383. The first-order valence-electron chi connectivity index (χ1n) is 10.7. The molecule has 1 aromatic carbocycles. The monoisotopic (exact) mass is 496 g/mol. The summed E-state index contributed by atoms with van der Waals surface area (Å²) >= 11 is 2.68. The largest absolute Gasteiger partial charge is 0.467 e. The number of thiophene rings is 1. The number of nitrogens with zero attached hydrogens (tertiary/aromatic N) is 3. The van der Waals surface area contributed by atoms with Gasteiger partial charge >= 0.3 is 0 Å². The topological polar surface area (TPSA) is 120 Å². The highest BCUT2D eigenvalue weighted by Gasteiger charge is 2.26. The van der Waals surface area contributed by atoms with Gasteiger partial charge in [-0.15, -0.1) is 11.3 Å². The number of amides is 1. The number of aryl methyl sites for hydroxylation is 2. The second-order valence-electron chi connectivity index (χ2n) is 7.93. The smallest absolute Gasteiger partial charge is 0.292 e. The van der Waals surface area contributed by atoms with Crippen molar-refractivity contribution in [2.45, 2.75) is 43.1 Å². The average Bonchev–Trinajstić information content (AvgIpc) is 3.54. The van der Waals surface area contributed by atoms with Crippen molar-refractivity contribution in [3.63, 3.8) is 0 Å². The maximum Gasteiger partial charge on any atom is 0.292 e. The zero-order valence-electron chi connectivity index (χ0n) is 18.1. The number of rotatable bonds is 7. The fourth-order valence-corrected chi connectivity index (χ4v) is 6.24. The molecular weight excluding hydrogens is 476 g/mol. The Bertz CT molecular complexity index is 1460. The Labute approximate surface area is 202 Å². The Balaban J connectivity index is 1.48. The van der Waals surface area contributed by atoms with Gasteiger partial charge in [-0.05, 0) is 49.9 Å². The quantitative estimate of drug-likeness (QED) is 0.172. The number of nitro benzene ring substituents is 1. The van der Waals surface area contributed by atoms with Crippen molar-refractivity contribution in [2.75, 3.05) is 5.32 Å². The van der Waals surface area contributed by atoms with Crippen LogP contribution < -0.4 is 10.9 Å². The van der Waals surface area contributed by atoms with Crippen LogP contribution in [0.2, 0.25) is 0 Å². The van der Waals surface area contributed by atoms with Gasteiger partial charge in [0, 0.05) is 10.9 Å². The van der Waals surface area contributed by atoms with Crippen molar-refractivity contribution in [3.05, 3.63) is 79.3 Å². The van der Waals surface area contributed by atoms with E-state index >= 15 is 0 Å². The number of thioether (sulfide) groups is 1. The number of nitrogens with one attached hydrogen (secondary N) is 1. The van der Waals surface area contributed by atoms with E-state index in [0.29, 0.717) is 21.1 Å². The number of nitro groups is 1. The summed E-state index contributed by atoms with van der Waals surface area (Å²) in [5.74, 6) is 0.181. The zero-order valence-corrected chi connectivity index (χ0v) is 19.8. The summed E-state index contributed by atoms with van der Waals surface area (Å²) in [6, 6.07) is 9.51. The summed E-state index contributed by atoms with van der Waals surface area (Å²) < 4.78 is 7.01. The molecule has 0 aliphatic heterocycles. The van der Waals surface area contributed by atoms with Gasteiger partial charge in [-0.2, -0.15) is 0 Å². The first kappa shape index (κ1) is 22.4. The highest BCUT2D eigenvalue weighted by Crippen LogP contribution is 2.36. The van der Waals surface area contributed by atoms with E-state index in [1.165, 1.54) is 34.4 Å². The highest BCUT2D eigenvalue weighted by atomic mass is 32.2. The van der Waals surface area contributed by atoms with Crippen LogP contribution in [0.4, 0.5) is 11.4 Å². The third-order valence-corrected chi connectivity index (χ3v) is 7.97. The fourth-order valence-electron chi connectivity index (χ4n) is 4.03. The molecule has 11 heteroatoms. The Morgan fingerprint density at radius 1 is 1.32 bits per heavy atom. The first-order chi connectivity index (χ1) is 16.4. The van der Waals surface area contributed by atoms with E-state index in [1.807, 2.05) is 0 Å². The zero-order chi connectivity index (χ0) is 23.8. The standard InChI is InChI=1S/C23H20N4O5S2/c1-13(20(28)24-16-8-2-3-9-17(16)27(30)31)33-23-25-21-19(15-7-4-10-18(15)34-21)22(29)26(23)12-14-6-5-11-32-14/h2-3,5-6,8-9,11,13H,4,7,10,12H2,1H3,(H,24,28)/t13-/m0/s1. The minimum atomic E-state index is -0.668. The number of hydrogen-bond acceptors (Lipinski definition) is 8. The van der Waals surface area contributed by atoms with Crippen LogP contribution >= 0.6 is 23.1 Å². The molecule has 1 atom stereocenters. The molecule has 34 heavy (non-hydrogen) atoms. The van der Waals surface area contributed by atoms with Crippen molar-refractivity contribution in [2.24, 2.45) is 0 Å². The van der Waals surface area contributed by atoms with E-state index in [4.69, 9.17) is 9.40 Å². The van der Waals surface area contributed by atoms with Crippen molar-refractivity contribution in [1.82, 2.24) is 9.55 Å². The van der Waals surface area contributed by atoms with Gasteiger partial charge in [-0.25, -0.2) is 4.98 Å². The highest BCUT2D eigenvalue weighted by molar-refractivity contribution is 8.00. The third kappa shape index (κ3) is 4.12. The van der Waals surface area contributed by atoms with Gasteiger partial charge < -0.3 is 9.73 Å². The molecule has 0 radical (unpaired) electrons. The Morgan fingerprint density at radius 3 is 2.91 bits per heavy atom. The lowest BCUT2D eigenvalue weighted by Crippen LogP contribution is -2.27. The van der Waals surface area contributed by atoms with Gasteiger partial charge in [-0.1, -0.05) is 23.9 Å². The third-order valence-electron chi connectivity index (χ3n) is 5.69. The van der Waals surface area contributed by atoms with Crippen LogP contribution in [0.1, 0.15) is 29.5 Å². The normalized spacial score (nSPS) is 13.7. The number of furan rings is 1. The van der Waals surface area contributed by atoms with Crippen molar-refractivity contribution >= 4 is 50.6 Å². The predicted octanol–water partition coefficient (Wildman–Crippen LogP) is 4.62. The molecular formula is C23H20N4O5S2. The molecule has 0 unspecified atom stereocenters. The lowest BCUT2D eigenvalue weighted by Gasteiger charge is -2.15. The summed E-state index contributed by atoms with van der Waals surface area (Å²) in [5, 5.41) is 14.3. The number of anilines is 1. The molecule has 0 saturated heterocycles. The summed E-state index contributed by atoms with van der Waals surface area (Å²) in [6.07, 6.45) is 4.40. The van der Waals surface area contributed by atoms with Gasteiger partial charge in [0.05, 0.1) is 28.4 Å². The van der Waals surface area contributed by atoms with Crippen LogP contribution in [0.15, 0.2) is 57.0 Å². The van der Waals surface area contributed by atoms with Crippen LogP contribution in [0.3, 0.4) is 0 Å². The Morgan fingerprint density at radius 2 is 2.15 bits per heavy atom. The first-order valence-corrected chi connectivity index (χ1v) is 12.4. The van der Waals surface area contributed by atoms with Crippen LogP contribution in [0.5, 0.6) is 0 Å². The van der Waals surface area contributed by atoms with E-state index in [9.17, 15) is 19.7 Å². The van der Waals surface area contributed by atoms with Gasteiger partial charge in [0.2, 0.25) is 5.91 Å². The number of carbonyl (C=O) groups excluding carboxylic acids is 1. The molecule has 1 aliphatic carbocycles. The maximum atomic E-state index is 13.6. The average molecular weight is 497 g/mol. The molecule has 5 rings (SSSR count). The molecule has 0 fully saturated rings. The van der Waals surface area contributed by atoms with Crippen molar-refractivity contribution < 1.29 is 14.1 Å². The van der Waals surface area contributed by atoms with E-state index in [1.54, 1.807) is 36.0 Å². The summed E-state index contributed by atoms with van der Waals surface area (Å²) in [7, 11) is 0. The minimum Gasteiger partial charge on any atom is -0.467 e. The second-order valence-corrected chi connectivity index (χ2v) is 10.3. The molecule has 1 N–H and O–H groups in total. The molecule has 9 nitrogen and oxygen atoms in total. The van der Waals surface area contributed by atoms with Crippen molar-refractivity contribution in [3.8, 4) is 0 Å². The molecule has 174 valence electrons. The van der Waals surface area contributed by atoms with Crippen LogP contribution in [0, 0.1) is 10.1 Å². The van der Waals surface area contributed by atoms with Gasteiger partial charge in [-0.3, -0.25) is 24.3 Å². The van der Waals surface area contributed by atoms with Gasteiger partial charge in [0.15, 0.2) is 5.16 Å². The van der Waals surface area contributed by atoms with Crippen LogP contribution in [-0.2, 0) is 24.2 Å². The number of aromatic nitrogens is 2. The second kappa shape index (κ2) is 9.07. The molecule has 0 bridgehead atoms. The summed E-state index contributed by atoms with van der Waals surface area (Å²) in [4.78, 5) is 43.8. The molecule has 4 aromatic rings. The number of para-hydroxylation sites is 2. The van der Waals surface area contributed by atoms with Crippen molar-refractivity contribution in [1.29, 1.82) is 0 Å². The van der Waals surface area contributed by atoms with Gasteiger partial charge in [0.25, 0.3) is 11.2 Å². The summed E-state index contributed by atoms with van der Waals surface area (Å²) in [5.41, 5.74) is 0.880. The number of benzene rings is 1. The lowest BCUT2D eigenvalue weighted by atomic mass is 10.2. The molecule has 3 heterocycles. The molecule has 1 aliphatic rings. The summed E-state index contributed by atoms with van der Waals surface area (Å²) in [6.45, 7) is 1.87.